The van der Waals surface area contributed by atoms with Gasteiger partial charge in [0, 0.05) is 23.2 Å². The van der Waals surface area contributed by atoms with Gasteiger partial charge in [0.25, 0.3) is 0 Å². The van der Waals surface area contributed by atoms with E-state index >= 15 is 0 Å². The summed E-state index contributed by atoms with van der Waals surface area (Å²) in [7, 11) is 0. The predicted octanol–water partition coefficient (Wildman–Crippen LogP) is 4.39. The summed E-state index contributed by atoms with van der Waals surface area (Å²) in [4.78, 5) is 0. The van der Waals surface area contributed by atoms with Crippen LogP contribution in [0.2, 0.25) is 5.02 Å². The monoisotopic (exact) mass is 269 g/mol. The van der Waals surface area contributed by atoms with Crippen LogP contribution in [0.1, 0.15) is 38.7 Å². The van der Waals surface area contributed by atoms with Crippen LogP contribution in [0.15, 0.2) is 18.2 Å². The van der Waals surface area contributed by atoms with E-state index in [2.05, 4.69) is 19.2 Å². The maximum atomic E-state index is 13.6. The zero-order valence-electron chi connectivity index (χ0n) is 11.0. The fourth-order valence-corrected chi connectivity index (χ4v) is 3.03. The van der Waals surface area contributed by atoms with Gasteiger partial charge in [-0.25, -0.2) is 4.39 Å². The Bertz CT molecular complexity index is 407. The van der Waals surface area contributed by atoms with Crippen molar-refractivity contribution in [1.29, 1.82) is 0 Å². The topological polar surface area (TPSA) is 12.0 Å². The lowest BCUT2D eigenvalue weighted by molar-refractivity contribution is 0.226. The molecule has 1 aromatic rings. The van der Waals surface area contributed by atoms with Crippen LogP contribution in [0.25, 0.3) is 0 Å². The summed E-state index contributed by atoms with van der Waals surface area (Å²) in [6.45, 7) is 5.18. The minimum Gasteiger partial charge on any atom is -0.310 e. The van der Waals surface area contributed by atoms with Gasteiger partial charge >= 0.3 is 0 Å². The normalized spacial score (nSPS) is 28.3. The van der Waals surface area contributed by atoms with Crippen molar-refractivity contribution >= 4 is 11.6 Å². The molecular formula is C15H21ClFN. The fourth-order valence-electron chi connectivity index (χ4n) is 2.87. The fraction of sp³-hybridized carbons (Fsp3) is 0.600. The summed E-state index contributed by atoms with van der Waals surface area (Å²) in [5.41, 5.74) is 0.699. The van der Waals surface area contributed by atoms with Crippen molar-refractivity contribution in [2.75, 3.05) is 0 Å². The third-order valence-electron chi connectivity index (χ3n) is 4.00. The molecule has 18 heavy (non-hydrogen) atoms. The highest BCUT2D eigenvalue weighted by Gasteiger charge is 2.24. The Morgan fingerprint density at radius 3 is 2.78 bits per heavy atom. The highest BCUT2D eigenvalue weighted by molar-refractivity contribution is 6.30. The van der Waals surface area contributed by atoms with Crippen molar-refractivity contribution in [2.45, 2.75) is 45.7 Å². The average molecular weight is 270 g/mol. The van der Waals surface area contributed by atoms with E-state index in [4.69, 9.17) is 11.6 Å². The Kier molecular flexibility index (Phi) is 4.63. The summed E-state index contributed by atoms with van der Waals surface area (Å²) in [5, 5.41) is 3.94. The van der Waals surface area contributed by atoms with Gasteiger partial charge in [0.2, 0.25) is 0 Å². The van der Waals surface area contributed by atoms with Gasteiger partial charge in [0.15, 0.2) is 0 Å². The molecule has 0 aliphatic heterocycles. The van der Waals surface area contributed by atoms with E-state index in [1.54, 1.807) is 12.1 Å². The lowest BCUT2D eigenvalue weighted by Gasteiger charge is -2.33. The smallest absolute Gasteiger partial charge is 0.129 e. The van der Waals surface area contributed by atoms with Crippen LogP contribution >= 0.6 is 11.6 Å². The number of halogens is 2. The Labute approximate surface area is 114 Å². The molecule has 0 radical (unpaired) electrons. The van der Waals surface area contributed by atoms with Crippen molar-refractivity contribution in [2.24, 2.45) is 11.8 Å². The molecule has 0 spiro atoms. The molecule has 1 saturated carbocycles. The molecule has 3 heteroatoms. The van der Waals surface area contributed by atoms with Gasteiger partial charge in [-0.1, -0.05) is 31.5 Å². The number of benzene rings is 1. The highest BCUT2D eigenvalue weighted by Crippen LogP contribution is 2.28. The van der Waals surface area contributed by atoms with E-state index in [1.807, 2.05) is 0 Å². The Morgan fingerprint density at radius 2 is 2.11 bits per heavy atom. The van der Waals surface area contributed by atoms with E-state index in [-0.39, 0.29) is 5.82 Å². The third-order valence-corrected chi connectivity index (χ3v) is 4.24. The second kappa shape index (κ2) is 6.03. The number of nitrogens with one attached hydrogen (secondary N) is 1. The zero-order valence-corrected chi connectivity index (χ0v) is 11.8. The first kappa shape index (κ1) is 13.8. The summed E-state index contributed by atoms with van der Waals surface area (Å²) in [6, 6.07) is 5.40. The predicted molar refractivity (Wildman–Crippen MR) is 74.2 cm³/mol. The van der Waals surface area contributed by atoms with Gasteiger partial charge in [-0.3, -0.25) is 0 Å². The van der Waals surface area contributed by atoms with Gasteiger partial charge in [-0.05, 0) is 43.2 Å². The lowest BCUT2D eigenvalue weighted by atomic mass is 9.80. The molecule has 2 rings (SSSR count). The van der Waals surface area contributed by atoms with Crippen LogP contribution in [-0.4, -0.2) is 6.04 Å². The summed E-state index contributed by atoms with van der Waals surface area (Å²) >= 11 is 5.74. The Balaban J connectivity index is 1.91. The minimum atomic E-state index is -0.216. The zero-order chi connectivity index (χ0) is 13.1. The molecule has 0 aromatic heterocycles. The quantitative estimate of drug-likeness (QED) is 0.858. The standard InChI is InChI=1S/C15H21ClFN/c1-10-3-6-15(11(2)7-10)18-9-12-4-5-13(16)8-14(12)17/h4-5,8,10-11,15,18H,3,6-7,9H2,1-2H3. The van der Waals surface area contributed by atoms with Crippen molar-refractivity contribution in [3.05, 3.63) is 34.6 Å². The Morgan fingerprint density at radius 1 is 1.33 bits per heavy atom. The number of hydrogen-bond acceptors (Lipinski definition) is 1. The molecule has 0 saturated heterocycles. The molecule has 1 aromatic carbocycles. The van der Waals surface area contributed by atoms with Crippen LogP contribution in [-0.2, 0) is 6.54 Å². The van der Waals surface area contributed by atoms with Crippen LogP contribution in [0.4, 0.5) is 4.39 Å². The van der Waals surface area contributed by atoms with Crippen molar-refractivity contribution < 1.29 is 4.39 Å². The first-order chi connectivity index (χ1) is 8.56. The molecule has 1 aliphatic rings. The molecule has 0 amide bonds. The van der Waals surface area contributed by atoms with Crippen LogP contribution < -0.4 is 5.32 Å². The number of rotatable bonds is 3. The molecule has 1 fully saturated rings. The van der Waals surface area contributed by atoms with Gasteiger partial charge < -0.3 is 5.32 Å². The molecular weight excluding hydrogens is 249 g/mol. The van der Waals surface area contributed by atoms with E-state index in [0.29, 0.717) is 29.1 Å². The van der Waals surface area contributed by atoms with Crippen molar-refractivity contribution in [1.82, 2.24) is 5.32 Å². The summed E-state index contributed by atoms with van der Waals surface area (Å²) in [5.74, 6) is 1.28. The molecule has 3 atom stereocenters. The van der Waals surface area contributed by atoms with E-state index in [1.165, 1.54) is 25.3 Å². The van der Waals surface area contributed by atoms with Gasteiger partial charge in [-0.2, -0.15) is 0 Å². The largest absolute Gasteiger partial charge is 0.310 e. The van der Waals surface area contributed by atoms with Crippen LogP contribution in [0.3, 0.4) is 0 Å². The minimum absolute atomic E-state index is 0.216. The van der Waals surface area contributed by atoms with Crippen molar-refractivity contribution in [3.8, 4) is 0 Å². The maximum Gasteiger partial charge on any atom is 0.129 e. The van der Waals surface area contributed by atoms with Crippen LogP contribution in [0, 0.1) is 17.7 Å². The highest BCUT2D eigenvalue weighted by atomic mass is 35.5. The molecule has 0 bridgehead atoms. The number of hydrogen-bond donors (Lipinski definition) is 1. The molecule has 1 nitrogen and oxygen atoms in total. The molecule has 3 unspecified atom stereocenters. The first-order valence-electron chi connectivity index (χ1n) is 6.73. The van der Waals surface area contributed by atoms with E-state index < -0.39 is 0 Å². The first-order valence-corrected chi connectivity index (χ1v) is 7.11. The molecule has 100 valence electrons. The maximum absolute atomic E-state index is 13.6. The van der Waals surface area contributed by atoms with Gasteiger partial charge in [0.1, 0.15) is 5.82 Å². The molecule has 1 N–H and O–H groups in total. The average Bonchev–Trinajstić information content (AvgIpc) is 2.30. The van der Waals surface area contributed by atoms with E-state index in [0.717, 1.165) is 5.92 Å². The molecule has 0 heterocycles. The summed E-state index contributed by atoms with van der Waals surface area (Å²) in [6.07, 6.45) is 3.73. The van der Waals surface area contributed by atoms with Gasteiger partial charge in [0.05, 0.1) is 0 Å². The summed E-state index contributed by atoms with van der Waals surface area (Å²) < 4.78 is 13.6. The third kappa shape index (κ3) is 3.46. The van der Waals surface area contributed by atoms with Gasteiger partial charge in [-0.15, -0.1) is 0 Å². The lowest BCUT2D eigenvalue weighted by Crippen LogP contribution is -2.38. The second-order valence-electron chi connectivity index (χ2n) is 5.62. The Hall–Kier alpha value is -0.600. The van der Waals surface area contributed by atoms with E-state index in [9.17, 15) is 4.39 Å². The second-order valence-corrected chi connectivity index (χ2v) is 6.06. The molecule has 1 aliphatic carbocycles. The van der Waals surface area contributed by atoms with Crippen molar-refractivity contribution in [3.63, 3.8) is 0 Å². The SMILES string of the molecule is CC1CCC(NCc2ccc(Cl)cc2F)C(C)C1. The van der Waals surface area contributed by atoms with Crippen LogP contribution in [0.5, 0.6) is 0 Å².